The zero-order valence-corrected chi connectivity index (χ0v) is 11.0. The number of ether oxygens (including phenoxy) is 1. The highest BCUT2D eigenvalue weighted by atomic mass is 16.5. The molecule has 1 heterocycles. The number of hydrogen-bond donors (Lipinski definition) is 1. The topological polar surface area (TPSA) is 53.1 Å². The summed E-state index contributed by atoms with van der Waals surface area (Å²) in [6.07, 6.45) is 4.69. The Bertz CT molecular complexity index is 593. The maximum atomic E-state index is 5.70. The number of hydrogen-bond acceptors (Lipinski definition) is 3. The van der Waals surface area contributed by atoms with Gasteiger partial charge in [0.05, 0.1) is 19.3 Å². The number of nitrogens with two attached hydrogens (primary N) is 1. The van der Waals surface area contributed by atoms with Crippen LogP contribution in [0.1, 0.15) is 11.1 Å². The Morgan fingerprint density at radius 2 is 2.32 bits per heavy atom. The average Bonchev–Trinajstić information content (AvgIpc) is 2.83. The van der Waals surface area contributed by atoms with Crippen molar-refractivity contribution < 1.29 is 4.74 Å². The lowest BCUT2D eigenvalue weighted by molar-refractivity contribution is 0.322. The summed E-state index contributed by atoms with van der Waals surface area (Å²) in [5.74, 6) is 6.64. The van der Waals surface area contributed by atoms with Crippen molar-refractivity contribution in [1.82, 2.24) is 9.78 Å². The van der Waals surface area contributed by atoms with Gasteiger partial charge in [-0.25, -0.2) is 0 Å². The third-order valence-corrected chi connectivity index (χ3v) is 2.59. The van der Waals surface area contributed by atoms with Gasteiger partial charge in [0.25, 0.3) is 0 Å². The minimum atomic E-state index is 0.367. The van der Waals surface area contributed by atoms with Gasteiger partial charge in [0.15, 0.2) is 0 Å². The van der Waals surface area contributed by atoms with Crippen molar-refractivity contribution in [3.8, 4) is 17.6 Å². The van der Waals surface area contributed by atoms with E-state index in [4.69, 9.17) is 10.5 Å². The van der Waals surface area contributed by atoms with Crippen LogP contribution in [0.2, 0.25) is 0 Å². The van der Waals surface area contributed by atoms with Crippen LogP contribution in [0, 0.1) is 11.8 Å². The molecule has 0 spiro atoms. The zero-order valence-electron chi connectivity index (χ0n) is 11.0. The third-order valence-electron chi connectivity index (χ3n) is 2.59. The van der Waals surface area contributed by atoms with Crippen molar-refractivity contribution >= 4 is 0 Å². The van der Waals surface area contributed by atoms with Crippen LogP contribution >= 0.6 is 0 Å². The summed E-state index contributed by atoms with van der Waals surface area (Å²) < 4.78 is 7.49. The van der Waals surface area contributed by atoms with E-state index in [1.165, 1.54) is 5.56 Å². The molecular weight excluding hydrogens is 238 g/mol. The molecular formula is C15H17N3O. The first kappa shape index (κ1) is 13.2. The third kappa shape index (κ3) is 4.16. The smallest absolute Gasteiger partial charge is 0.120 e. The SMILES string of the molecule is Cn1cc(CCOc2cccc(C#CCN)c2)cn1. The second-order valence-electron chi connectivity index (χ2n) is 4.15. The van der Waals surface area contributed by atoms with Crippen LogP contribution in [-0.4, -0.2) is 22.9 Å². The maximum absolute atomic E-state index is 5.70. The lowest BCUT2D eigenvalue weighted by Crippen LogP contribution is -2.00. The molecule has 0 saturated heterocycles. The van der Waals surface area contributed by atoms with Crippen LogP contribution in [-0.2, 0) is 13.5 Å². The van der Waals surface area contributed by atoms with Crippen molar-refractivity contribution in [3.63, 3.8) is 0 Å². The van der Waals surface area contributed by atoms with Gasteiger partial charge in [-0.3, -0.25) is 4.68 Å². The largest absolute Gasteiger partial charge is 0.493 e. The summed E-state index contributed by atoms with van der Waals surface area (Å²) in [4.78, 5) is 0. The molecule has 1 aromatic carbocycles. The molecule has 98 valence electrons. The van der Waals surface area contributed by atoms with E-state index in [0.29, 0.717) is 13.2 Å². The Morgan fingerprint density at radius 1 is 1.42 bits per heavy atom. The van der Waals surface area contributed by atoms with Gasteiger partial charge in [-0.2, -0.15) is 5.10 Å². The summed E-state index contributed by atoms with van der Waals surface area (Å²) >= 11 is 0. The van der Waals surface area contributed by atoms with Crippen LogP contribution in [0.15, 0.2) is 36.7 Å². The summed E-state index contributed by atoms with van der Waals surface area (Å²) in [5.41, 5.74) is 7.44. The van der Waals surface area contributed by atoms with Gasteiger partial charge in [-0.05, 0) is 23.8 Å². The van der Waals surface area contributed by atoms with Crippen molar-refractivity contribution in [3.05, 3.63) is 47.8 Å². The quantitative estimate of drug-likeness (QED) is 0.839. The minimum absolute atomic E-state index is 0.367. The summed E-state index contributed by atoms with van der Waals surface area (Å²) in [7, 11) is 1.91. The van der Waals surface area contributed by atoms with Gasteiger partial charge >= 0.3 is 0 Å². The second-order valence-corrected chi connectivity index (χ2v) is 4.15. The molecule has 1 aromatic heterocycles. The Hall–Kier alpha value is -2.25. The summed E-state index contributed by atoms with van der Waals surface area (Å²) in [5, 5.41) is 4.12. The van der Waals surface area contributed by atoms with Crippen molar-refractivity contribution in [2.75, 3.05) is 13.2 Å². The standard InChI is InChI=1S/C15H17N3O/c1-18-12-14(11-17-18)7-9-19-15-6-2-4-13(10-15)5-3-8-16/h2,4,6,10-12H,7-9,16H2,1H3. The lowest BCUT2D eigenvalue weighted by atomic mass is 10.2. The fourth-order valence-corrected chi connectivity index (χ4v) is 1.70. The number of aryl methyl sites for hydroxylation is 1. The molecule has 0 radical (unpaired) electrons. The monoisotopic (exact) mass is 255 g/mol. The van der Waals surface area contributed by atoms with Crippen LogP contribution in [0.3, 0.4) is 0 Å². The van der Waals surface area contributed by atoms with E-state index in [0.717, 1.165) is 17.7 Å². The molecule has 4 heteroatoms. The number of benzene rings is 1. The Morgan fingerprint density at radius 3 is 3.05 bits per heavy atom. The van der Waals surface area contributed by atoms with Gasteiger partial charge in [0, 0.05) is 25.2 Å². The highest BCUT2D eigenvalue weighted by Gasteiger charge is 1.98. The van der Waals surface area contributed by atoms with Gasteiger partial charge in [0.2, 0.25) is 0 Å². The van der Waals surface area contributed by atoms with E-state index in [1.54, 1.807) is 4.68 Å². The number of rotatable bonds is 4. The Balaban J connectivity index is 1.89. The van der Waals surface area contributed by atoms with E-state index >= 15 is 0 Å². The van der Waals surface area contributed by atoms with Crippen LogP contribution in [0.25, 0.3) is 0 Å². The molecule has 4 nitrogen and oxygen atoms in total. The normalized spacial score (nSPS) is 9.79. The molecule has 0 unspecified atom stereocenters. The minimum Gasteiger partial charge on any atom is -0.493 e. The summed E-state index contributed by atoms with van der Waals surface area (Å²) in [6, 6.07) is 7.72. The summed E-state index contributed by atoms with van der Waals surface area (Å²) in [6.45, 7) is 0.992. The molecule has 19 heavy (non-hydrogen) atoms. The van der Waals surface area contributed by atoms with Crippen molar-refractivity contribution in [2.24, 2.45) is 12.8 Å². The molecule has 0 bridgehead atoms. The highest BCUT2D eigenvalue weighted by molar-refractivity contribution is 5.39. The van der Waals surface area contributed by atoms with Gasteiger partial charge in [-0.15, -0.1) is 0 Å². The Kier molecular flexibility index (Phi) is 4.60. The molecule has 2 aromatic rings. The average molecular weight is 255 g/mol. The van der Waals surface area contributed by atoms with Crippen LogP contribution < -0.4 is 10.5 Å². The molecule has 0 atom stereocenters. The molecule has 0 aliphatic heterocycles. The van der Waals surface area contributed by atoms with Gasteiger partial charge in [0.1, 0.15) is 5.75 Å². The van der Waals surface area contributed by atoms with Crippen molar-refractivity contribution in [1.29, 1.82) is 0 Å². The molecule has 2 rings (SSSR count). The first-order valence-electron chi connectivity index (χ1n) is 6.17. The van der Waals surface area contributed by atoms with Crippen LogP contribution in [0.5, 0.6) is 5.75 Å². The Labute approximate surface area is 113 Å². The number of aromatic nitrogens is 2. The van der Waals surface area contributed by atoms with Crippen molar-refractivity contribution in [2.45, 2.75) is 6.42 Å². The van der Waals surface area contributed by atoms with E-state index in [2.05, 4.69) is 16.9 Å². The fourth-order valence-electron chi connectivity index (χ4n) is 1.70. The molecule has 0 fully saturated rings. The highest BCUT2D eigenvalue weighted by Crippen LogP contribution is 2.13. The van der Waals surface area contributed by atoms with Gasteiger partial charge in [-0.1, -0.05) is 17.9 Å². The zero-order chi connectivity index (χ0) is 13.5. The lowest BCUT2D eigenvalue weighted by Gasteiger charge is -2.05. The maximum Gasteiger partial charge on any atom is 0.120 e. The van der Waals surface area contributed by atoms with E-state index in [9.17, 15) is 0 Å². The first-order chi connectivity index (χ1) is 9.28. The predicted octanol–water partition coefficient (Wildman–Crippen LogP) is 1.35. The second kappa shape index (κ2) is 6.62. The van der Waals surface area contributed by atoms with Gasteiger partial charge < -0.3 is 10.5 Å². The number of nitrogens with zero attached hydrogens (tertiary/aromatic N) is 2. The molecule has 0 amide bonds. The van der Waals surface area contributed by atoms with E-state index < -0.39 is 0 Å². The molecule has 0 aliphatic rings. The van der Waals surface area contributed by atoms with E-state index in [-0.39, 0.29) is 0 Å². The molecule has 2 N–H and O–H groups in total. The predicted molar refractivity (Wildman–Crippen MR) is 74.8 cm³/mol. The fraction of sp³-hybridized carbons (Fsp3) is 0.267. The first-order valence-corrected chi connectivity index (χ1v) is 6.17. The molecule has 0 saturated carbocycles. The van der Waals surface area contributed by atoms with E-state index in [1.807, 2.05) is 43.7 Å². The molecule has 0 aliphatic carbocycles. The van der Waals surface area contributed by atoms with Crippen LogP contribution in [0.4, 0.5) is 0 Å².